The molecule has 3 rings (SSSR count). The van der Waals surface area contributed by atoms with Gasteiger partial charge in [-0.2, -0.15) is 0 Å². The van der Waals surface area contributed by atoms with E-state index in [1.54, 1.807) is 0 Å². The van der Waals surface area contributed by atoms with Crippen LogP contribution in [0.3, 0.4) is 0 Å². The zero-order valence-electron chi connectivity index (χ0n) is 11.7. The first-order chi connectivity index (χ1) is 9.55. The minimum absolute atomic E-state index is 0.229. The molecule has 0 bridgehead atoms. The van der Waals surface area contributed by atoms with Gasteiger partial charge in [-0.1, -0.05) is 24.3 Å². The summed E-state index contributed by atoms with van der Waals surface area (Å²) < 4.78 is 23.7. The van der Waals surface area contributed by atoms with E-state index in [1.165, 1.54) is 11.1 Å². The van der Waals surface area contributed by atoms with E-state index < -0.39 is 9.84 Å². The van der Waals surface area contributed by atoms with Crippen LogP contribution in [0, 0.1) is 0 Å². The van der Waals surface area contributed by atoms with E-state index in [1.807, 2.05) is 0 Å². The van der Waals surface area contributed by atoms with Gasteiger partial charge in [0.15, 0.2) is 9.84 Å². The minimum Gasteiger partial charge on any atom is -0.329 e. The van der Waals surface area contributed by atoms with Crippen LogP contribution in [0.1, 0.15) is 17.5 Å². The Labute approximate surface area is 120 Å². The average molecular weight is 294 g/mol. The molecule has 1 aromatic rings. The molecular formula is C15H22N2O2S. The standard InChI is InChI=1S/C15H22N2O2S/c16-11-15(7-10-20(18,19)12-15)17-8-5-13-3-1-2-4-14(13)6-9-17/h1-4H,5-12,16H2. The highest BCUT2D eigenvalue weighted by Crippen LogP contribution is 2.31. The third-order valence-electron chi connectivity index (χ3n) is 4.84. The monoisotopic (exact) mass is 294 g/mol. The van der Waals surface area contributed by atoms with E-state index in [9.17, 15) is 8.42 Å². The Kier molecular flexibility index (Phi) is 3.60. The fourth-order valence-electron chi connectivity index (χ4n) is 3.58. The van der Waals surface area contributed by atoms with Crippen LogP contribution in [0.5, 0.6) is 0 Å². The lowest BCUT2D eigenvalue weighted by atomic mass is 9.96. The van der Waals surface area contributed by atoms with Crippen LogP contribution in [0.15, 0.2) is 24.3 Å². The molecule has 1 aromatic carbocycles. The van der Waals surface area contributed by atoms with Crippen LogP contribution in [-0.2, 0) is 22.7 Å². The van der Waals surface area contributed by atoms with E-state index in [0.29, 0.717) is 13.0 Å². The summed E-state index contributed by atoms with van der Waals surface area (Å²) in [7, 11) is -2.92. The Hall–Kier alpha value is -0.910. The zero-order chi connectivity index (χ0) is 14.2. The maximum atomic E-state index is 11.9. The van der Waals surface area contributed by atoms with Crippen LogP contribution in [0.4, 0.5) is 0 Å². The SMILES string of the molecule is NCC1(N2CCc3ccccc3CC2)CCS(=O)(=O)C1. The van der Waals surface area contributed by atoms with Crippen molar-refractivity contribution in [2.75, 3.05) is 31.1 Å². The van der Waals surface area contributed by atoms with Crippen molar-refractivity contribution in [3.63, 3.8) is 0 Å². The summed E-state index contributed by atoms with van der Waals surface area (Å²) in [6.45, 7) is 2.25. The van der Waals surface area contributed by atoms with E-state index in [2.05, 4.69) is 29.2 Å². The Morgan fingerprint density at radius 2 is 1.75 bits per heavy atom. The summed E-state index contributed by atoms with van der Waals surface area (Å²) in [5.74, 6) is 0.514. The number of nitrogens with two attached hydrogens (primary N) is 1. The molecule has 0 amide bonds. The lowest BCUT2D eigenvalue weighted by molar-refractivity contribution is 0.122. The maximum Gasteiger partial charge on any atom is 0.152 e. The first-order valence-electron chi connectivity index (χ1n) is 7.27. The molecule has 0 saturated carbocycles. The summed E-state index contributed by atoms with van der Waals surface area (Å²) in [4.78, 5) is 2.33. The molecule has 0 aromatic heterocycles. The Morgan fingerprint density at radius 1 is 1.15 bits per heavy atom. The first kappa shape index (κ1) is 14.0. The van der Waals surface area contributed by atoms with E-state index in [-0.39, 0.29) is 17.0 Å². The van der Waals surface area contributed by atoms with Crippen LogP contribution in [-0.4, -0.2) is 50.0 Å². The highest BCUT2D eigenvalue weighted by molar-refractivity contribution is 7.91. The second-order valence-electron chi connectivity index (χ2n) is 6.03. The summed E-state index contributed by atoms with van der Waals surface area (Å²) in [5.41, 5.74) is 8.42. The Bertz CT molecular complexity index is 573. The van der Waals surface area contributed by atoms with E-state index >= 15 is 0 Å². The van der Waals surface area contributed by atoms with Crippen molar-refractivity contribution in [3.8, 4) is 0 Å². The number of nitrogens with zero attached hydrogens (tertiary/aromatic N) is 1. The van der Waals surface area contributed by atoms with Gasteiger partial charge in [-0.3, -0.25) is 4.90 Å². The summed E-state index contributed by atoms with van der Waals surface area (Å²) in [6.07, 6.45) is 2.65. The molecule has 0 spiro atoms. The predicted octanol–water partition coefficient (Wildman–Crippen LogP) is 0.603. The van der Waals surface area contributed by atoms with E-state index in [4.69, 9.17) is 5.73 Å². The fourth-order valence-corrected chi connectivity index (χ4v) is 5.68. The number of sulfone groups is 1. The van der Waals surface area contributed by atoms with Crippen molar-refractivity contribution in [3.05, 3.63) is 35.4 Å². The van der Waals surface area contributed by atoms with Gasteiger partial charge in [-0.05, 0) is 30.4 Å². The highest BCUT2D eigenvalue weighted by Gasteiger charge is 2.45. The van der Waals surface area contributed by atoms with Crippen molar-refractivity contribution in [2.45, 2.75) is 24.8 Å². The highest BCUT2D eigenvalue weighted by atomic mass is 32.2. The van der Waals surface area contributed by atoms with Gasteiger partial charge in [-0.25, -0.2) is 8.42 Å². The normalized spacial score (nSPS) is 29.9. The molecule has 1 fully saturated rings. The number of hydrogen-bond donors (Lipinski definition) is 1. The van der Waals surface area contributed by atoms with Crippen molar-refractivity contribution >= 4 is 9.84 Å². The molecule has 20 heavy (non-hydrogen) atoms. The topological polar surface area (TPSA) is 63.4 Å². The lowest BCUT2D eigenvalue weighted by Gasteiger charge is -2.39. The van der Waals surface area contributed by atoms with Crippen molar-refractivity contribution < 1.29 is 8.42 Å². The molecule has 1 atom stereocenters. The van der Waals surface area contributed by atoms with Gasteiger partial charge in [-0.15, -0.1) is 0 Å². The molecule has 0 aliphatic carbocycles. The molecule has 2 aliphatic rings. The molecular weight excluding hydrogens is 272 g/mol. The van der Waals surface area contributed by atoms with Crippen molar-refractivity contribution in [1.82, 2.24) is 4.90 Å². The van der Waals surface area contributed by atoms with Gasteiger partial charge in [0.2, 0.25) is 0 Å². The van der Waals surface area contributed by atoms with Gasteiger partial charge in [0.25, 0.3) is 0 Å². The quantitative estimate of drug-likeness (QED) is 0.868. The van der Waals surface area contributed by atoms with Gasteiger partial charge >= 0.3 is 0 Å². The van der Waals surface area contributed by atoms with Gasteiger partial charge in [0.05, 0.1) is 11.5 Å². The second-order valence-corrected chi connectivity index (χ2v) is 8.21. The van der Waals surface area contributed by atoms with Gasteiger partial charge < -0.3 is 5.73 Å². The Balaban J connectivity index is 1.82. The Morgan fingerprint density at radius 3 is 2.20 bits per heavy atom. The molecule has 2 heterocycles. The van der Waals surface area contributed by atoms with Gasteiger partial charge in [0, 0.05) is 25.2 Å². The maximum absolute atomic E-state index is 11.9. The second kappa shape index (κ2) is 5.13. The zero-order valence-corrected chi connectivity index (χ0v) is 12.5. The van der Waals surface area contributed by atoms with Crippen LogP contribution in [0.25, 0.3) is 0 Å². The number of benzene rings is 1. The molecule has 4 nitrogen and oxygen atoms in total. The summed E-state index contributed by atoms with van der Waals surface area (Å²) >= 11 is 0. The third-order valence-corrected chi connectivity index (χ3v) is 6.64. The smallest absolute Gasteiger partial charge is 0.152 e. The molecule has 1 saturated heterocycles. The molecule has 2 N–H and O–H groups in total. The minimum atomic E-state index is -2.92. The van der Waals surface area contributed by atoms with Crippen LogP contribution >= 0.6 is 0 Å². The van der Waals surface area contributed by atoms with E-state index in [0.717, 1.165) is 25.9 Å². The number of hydrogen-bond acceptors (Lipinski definition) is 4. The number of fused-ring (bicyclic) bond motifs is 1. The lowest BCUT2D eigenvalue weighted by Crippen LogP contribution is -2.55. The molecule has 5 heteroatoms. The molecule has 2 aliphatic heterocycles. The number of rotatable bonds is 2. The van der Waals surface area contributed by atoms with Crippen molar-refractivity contribution in [2.24, 2.45) is 5.73 Å². The first-order valence-corrected chi connectivity index (χ1v) is 9.09. The third kappa shape index (κ3) is 2.50. The summed E-state index contributed by atoms with van der Waals surface area (Å²) in [6, 6.07) is 8.51. The van der Waals surface area contributed by atoms with Crippen LogP contribution in [0.2, 0.25) is 0 Å². The summed E-state index contributed by atoms with van der Waals surface area (Å²) in [5, 5.41) is 0. The molecule has 0 radical (unpaired) electrons. The predicted molar refractivity (Wildman–Crippen MR) is 80.5 cm³/mol. The largest absolute Gasteiger partial charge is 0.329 e. The van der Waals surface area contributed by atoms with Crippen LogP contribution < -0.4 is 5.73 Å². The molecule has 110 valence electrons. The molecule has 1 unspecified atom stereocenters. The fraction of sp³-hybridized carbons (Fsp3) is 0.600. The van der Waals surface area contributed by atoms with Gasteiger partial charge in [0.1, 0.15) is 0 Å². The average Bonchev–Trinajstić information content (AvgIpc) is 2.63. The van der Waals surface area contributed by atoms with Crippen molar-refractivity contribution in [1.29, 1.82) is 0 Å².